The van der Waals surface area contributed by atoms with E-state index in [-0.39, 0.29) is 18.0 Å². The Morgan fingerprint density at radius 3 is 2.75 bits per heavy atom. The van der Waals surface area contributed by atoms with Crippen molar-refractivity contribution < 1.29 is 14.3 Å². The minimum atomic E-state index is -0.251. The fraction of sp³-hybridized carbons (Fsp3) is 0.261. The third kappa shape index (κ3) is 4.05. The molecule has 0 fully saturated rings. The third-order valence-corrected chi connectivity index (χ3v) is 5.38. The van der Waals surface area contributed by atoms with Gasteiger partial charge in [-0.15, -0.1) is 13.2 Å². The molecule has 5 heteroatoms. The summed E-state index contributed by atoms with van der Waals surface area (Å²) in [6, 6.07) is 13.3. The zero-order valence-corrected chi connectivity index (χ0v) is 17.5. The molecule has 0 radical (unpaired) electrons. The number of hydrogen-bond acceptors (Lipinski definition) is 3. The van der Waals surface area contributed by atoms with Crippen molar-refractivity contribution in [2.75, 3.05) is 20.3 Å². The molecule has 0 saturated heterocycles. The van der Waals surface area contributed by atoms with E-state index in [1.165, 1.54) is 0 Å². The van der Waals surface area contributed by atoms with Gasteiger partial charge in [-0.3, -0.25) is 4.79 Å². The summed E-state index contributed by atoms with van der Waals surface area (Å²) in [5, 5.41) is 0. The molecule has 1 aliphatic rings. The predicted octanol–water partition coefficient (Wildman–Crippen LogP) is 5.47. The van der Waals surface area contributed by atoms with Crippen molar-refractivity contribution >= 4 is 21.8 Å². The minimum Gasteiger partial charge on any atom is -0.497 e. The fourth-order valence-electron chi connectivity index (χ4n) is 3.64. The van der Waals surface area contributed by atoms with E-state index in [4.69, 9.17) is 9.47 Å². The molecular formula is C23H24BrNO3. The van der Waals surface area contributed by atoms with E-state index in [9.17, 15) is 4.79 Å². The molecule has 1 aliphatic heterocycles. The van der Waals surface area contributed by atoms with Crippen LogP contribution in [0.15, 0.2) is 72.2 Å². The molecule has 0 spiro atoms. The summed E-state index contributed by atoms with van der Waals surface area (Å²) in [7, 11) is 1.64. The molecule has 0 saturated carbocycles. The van der Waals surface area contributed by atoms with Crippen LogP contribution in [0.4, 0.5) is 0 Å². The Bertz CT molecular complexity index is 880. The molecule has 1 amide bonds. The van der Waals surface area contributed by atoms with Crippen LogP contribution < -0.4 is 4.74 Å². The highest BCUT2D eigenvalue weighted by Gasteiger charge is 2.40. The van der Waals surface area contributed by atoms with Gasteiger partial charge >= 0.3 is 0 Å². The number of amides is 1. The molecule has 0 aromatic heterocycles. The third-order valence-electron chi connectivity index (χ3n) is 4.89. The van der Waals surface area contributed by atoms with Gasteiger partial charge in [0.15, 0.2) is 0 Å². The van der Waals surface area contributed by atoms with Crippen LogP contribution in [0.25, 0.3) is 0 Å². The number of fused-ring (bicyclic) bond motifs is 1. The van der Waals surface area contributed by atoms with Gasteiger partial charge in [0.25, 0.3) is 5.91 Å². The first-order valence-electron chi connectivity index (χ1n) is 9.16. The van der Waals surface area contributed by atoms with Crippen LogP contribution in [0.1, 0.15) is 40.0 Å². The summed E-state index contributed by atoms with van der Waals surface area (Å²) in [5.41, 5.74) is 2.71. The standard InChI is InChI=1S/C23H24BrNO3/c1-4-7-21-19-11-10-17(24)14-20(19)23(26)25(21)22(15-28-12-5-2)16-8-6-9-18(13-16)27-3/h4-6,8-11,13-14,21-22H,1-2,7,12,15H2,3H3/t21?,22-/m1/s1. The zero-order chi connectivity index (χ0) is 20.1. The normalized spacial score (nSPS) is 16.6. The minimum absolute atomic E-state index is 0.00169. The lowest BCUT2D eigenvalue weighted by Gasteiger charge is -2.33. The Hall–Kier alpha value is -2.37. The van der Waals surface area contributed by atoms with Crippen molar-refractivity contribution in [2.24, 2.45) is 0 Å². The number of nitrogens with zero attached hydrogens (tertiary/aromatic N) is 1. The molecule has 2 aromatic rings. The summed E-state index contributed by atoms with van der Waals surface area (Å²) in [6.07, 6.45) is 4.24. The molecule has 1 heterocycles. The van der Waals surface area contributed by atoms with Gasteiger partial charge in [-0.25, -0.2) is 0 Å². The number of methoxy groups -OCH3 is 1. The molecule has 0 N–H and O–H groups in total. The first-order chi connectivity index (χ1) is 13.6. The van der Waals surface area contributed by atoms with Crippen molar-refractivity contribution in [3.63, 3.8) is 0 Å². The molecular weight excluding hydrogens is 418 g/mol. The summed E-state index contributed by atoms with van der Waals surface area (Å²) >= 11 is 3.48. The van der Waals surface area contributed by atoms with Crippen LogP contribution in [0.3, 0.4) is 0 Å². The Labute approximate surface area is 174 Å². The maximum absolute atomic E-state index is 13.4. The van der Waals surface area contributed by atoms with Gasteiger partial charge in [-0.2, -0.15) is 0 Å². The number of ether oxygens (including phenoxy) is 2. The van der Waals surface area contributed by atoms with Gasteiger partial charge in [-0.05, 0) is 41.8 Å². The van der Waals surface area contributed by atoms with E-state index in [1.54, 1.807) is 13.2 Å². The van der Waals surface area contributed by atoms with Crippen LogP contribution in [0.2, 0.25) is 0 Å². The average molecular weight is 442 g/mol. The lowest BCUT2D eigenvalue weighted by molar-refractivity contribution is 0.0394. The lowest BCUT2D eigenvalue weighted by Crippen LogP contribution is -2.35. The molecule has 4 nitrogen and oxygen atoms in total. The van der Waals surface area contributed by atoms with Gasteiger partial charge < -0.3 is 14.4 Å². The van der Waals surface area contributed by atoms with Gasteiger partial charge in [0.05, 0.1) is 32.4 Å². The number of halogens is 1. The average Bonchev–Trinajstić information content (AvgIpc) is 2.97. The van der Waals surface area contributed by atoms with Crippen LogP contribution in [-0.2, 0) is 4.74 Å². The molecule has 0 aliphatic carbocycles. The predicted molar refractivity (Wildman–Crippen MR) is 115 cm³/mol. The highest BCUT2D eigenvalue weighted by molar-refractivity contribution is 9.10. The monoisotopic (exact) mass is 441 g/mol. The quantitative estimate of drug-likeness (QED) is 0.382. The van der Waals surface area contributed by atoms with Crippen molar-refractivity contribution in [1.82, 2.24) is 4.90 Å². The van der Waals surface area contributed by atoms with Crippen LogP contribution in [-0.4, -0.2) is 31.1 Å². The smallest absolute Gasteiger partial charge is 0.255 e. The second-order valence-electron chi connectivity index (χ2n) is 6.60. The van der Waals surface area contributed by atoms with Crippen LogP contribution in [0.5, 0.6) is 5.75 Å². The lowest BCUT2D eigenvalue weighted by atomic mass is 10.00. The van der Waals surface area contributed by atoms with E-state index >= 15 is 0 Å². The Morgan fingerprint density at radius 1 is 1.21 bits per heavy atom. The first-order valence-corrected chi connectivity index (χ1v) is 9.95. The fourth-order valence-corrected chi connectivity index (χ4v) is 4.00. The second-order valence-corrected chi connectivity index (χ2v) is 7.52. The first kappa shape index (κ1) is 20.4. The van der Waals surface area contributed by atoms with Crippen molar-refractivity contribution in [3.05, 3.63) is 88.9 Å². The number of carbonyl (C=O) groups is 1. The molecule has 2 atom stereocenters. The maximum Gasteiger partial charge on any atom is 0.255 e. The van der Waals surface area contributed by atoms with Crippen LogP contribution in [0, 0.1) is 0 Å². The number of hydrogen-bond donors (Lipinski definition) is 0. The second kappa shape index (κ2) is 9.22. The summed E-state index contributed by atoms with van der Waals surface area (Å²) < 4.78 is 12.1. The highest BCUT2D eigenvalue weighted by Crippen LogP contribution is 2.43. The molecule has 2 aromatic carbocycles. The van der Waals surface area contributed by atoms with E-state index in [0.717, 1.165) is 26.9 Å². The van der Waals surface area contributed by atoms with Crippen LogP contribution >= 0.6 is 15.9 Å². The number of benzene rings is 2. The number of carbonyl (C=O) groups excluding carboxylic acids is 1. The van der Waals surface area contributed by atoms with E-state index in [1.807, 2.05) is 53.4 Å². The summed E-state index contributed by atoms with van der Waals surface area (Å²) in [5.74, 6) is 0.747. The zero-order valence-electron chi connectivity index (χ0n) is 15.9. The Kier molecular flexibility index (Phi) is 6.70. The molecule has 1 unspecified atom stereocenters. The molecule has 0 bridgehead atoms. The maximum atomic E-state index is 13.4. The van der Waals surface area contributed by atoms with Gasteiger partial charge in [0.1, 0.15) is 5.75 Å². The van der Waals surface area contributed by atoms with E-state index in [2.05, 4.69) is 29.1 Å². The van der Waals surface area contributed by atoms with Crippen molar-refractivity contribution in [2.45, 2.75) is 18.5 Å². The molecule has 28 heavy (non-hydrogen) atoms. The van der Waals surface area contributed by atoms with Gasteiger partial charge in [0.2, 0.25) is 0 Å². The van der Waals surface area contributed by atoms with Crippen molar-refractivity contribution in [1.29, 1.82) is 0 Å². The van der Waals surface area contributed by atoms with E-state index < -0.39 is 0 Å². The number of rotatable bonds is 9. The van der Waals surface area contributed by atoms with Crippen molar-refractivity contribution in [3.8, 4) is 5.75 Å². The molecule has 146 valence electrons. The van der Waals surface area contributed by atoms with Gasteiger partial charge in [-0.1, -0.05) is 46.3 Å². The SMILES string of the molecule is C=CCOC[C@H](c1cccc(OC)c1)N1C(=O)c2cc(Br)ccc2C1CC=C. The highest BCUT2D eigenvalue weighted by atomic mass is 79.9. The Morgan fingerprint density at radius 2 is 2.04 bits per heavy atom. The summed E-state index contributed by atoms with van der Waals surface area (Å²) in [6.45, 7) is 8.40. The topological polar surface area (TPSA) is 38.8 Å². The molecule has 3 rings (SSSR count). The Balaban J connectivity index is 2.05. The van der Waals surface area contributed by atoms with E-state index in [0.29, 0.717) is 19.6 Å². The summed E-state index contributed by atoms with van der Waals surface area (Å²) in [4.78, 5) is 15.3. The van der Waals surface area contributed by atoms with Gasteiger partial charge in [0, 0.05) is 10.0 Å². The largest absolute Gasteiger partial charge is 0.497 e.